The molecule has 0 aromatic heterocycles. The molecule has 0 rings (SSSR count). The first-order chi connectivity index (χ1) is 7.54. The Kier molecular flexibility index (Phi) is 8.96. The normalized spacial score (nSPS) is 15.4. The Bertz CT molecular complexity index is 159. The summed E-state index contributed by atoms with van der Waals surface area (Å²) < 4.78 is 5.64. The molecule has 2 nitrogen and oxygen atoms in total. The van der Waals surface area contributed by atoms with Gasteiger partial charge in [-0.1, -0.05) is 40.5 Å². The van der Waals surface area contributed by atoms with Crippen LogP contribution in [0.3, 0.4) is 0 Å². The summed E-state index contributed by atoms with van der Waals surface area (Å²) >= 11 is 0. The maximum atomic E-state index is 6.35. The van der Waals surface area contributed by atoms with E-state index in [1.807, 2.05) is 0 Å². The molecule has 2 N–H and O–H groups in total. The summed E-state index contributed by atoms with van der Waals surface area (Å²) in [6, 6.07) is 0. The fourth-order valence-corrected chi connectivity index (χ4v) is 1.70. The third-order valence-electron chi connectivity index (χ3n) is 3.32. The average Bonchev–Trinajstić information content (AvgIpc) is 2.25. The first-order valence-corrected chi connectivity index (χ1v) is 6.90. The highest BCUT2D eigenvalue weighted by Gasteiger charge is 2.21. The first-order valence-electron chi connectivity index (χ1n) is 6.90. The fraction of sp³-hybridized carbons (Fsp3) is 1.00. The van der Waals surface area contributed by atoms with Gasteiger partial charge >= 0.3 is 0 Å². The van der Waals surface area contributed by atoms with Crippen molar-refractivity contribution in [3.63, 3.8) is 0 Å². The van der Waals surface area contributed by atoms with E-state index in [4.69, 9.17) is 10.5 Å². The number of ether oxygens (including phenoxy) is 1. The molecule has 0 aliphatic rings. The van der Waals surface area contributed by atoms with Crippen molar-refractivity contribution >= 4 is 0 Å². The lowest BCUT2D eigenvalue weighted by Gasteiger charge is -2.28. The summed E-state index contributed by atoms with van der Waals surface area (Å²) in [7, 11) is 0. The summed E-state index contributed by atoms with van der Waals surface area (Å²) in [5.41, 5.74) is 6.35. The van der Waals surface area contributed by atoms with Crippen LogP contribution >= 0.6 is 0 Å². The molecule has 0 aromatic carbocycles. The SMILES string of the molecule is CCCCC(N)(CC)CCOCCC(C)C. The molecular weight excluding hydrogens is 198 g/mol. The van der Waals surface area contributed by atoms with Gasteiger partial charge < -0.3 is 10.5 Å². The van der Waals surface area contributed by atoms with Gasteiger partial charge in [-0.2, -0.15) is 0 Å². The van der Waals surface area contributed by atoms with Gasteiger partial charge in [-0.05, 0) is 31.6 Å². The van der Waals surface area contributed by atoms with Crippen LogP contribution in [0, 0.1) is 5.92 Å². The van der Waals surface area contributed by atoms with Gasteiger partial charge in [-0.3, -0.25) is 0 Å². The molecule has 1 atom stereocenters. The molecule has 0 radical (unpaired) electrons. The highest BCUT2D eigenvalue weighted by molar-refractivity contribution is 4.82. The van der Waals surface area contributed by atoms with Crippen molar-refractivity contribution in [3.8, 4) is 0 Å². The third-order valence-corrected chi connectivity index (χ3v) is 3.32. The molecule has 16 heavy (non-hydrogen) atoms. The van der Waals surface area contributed by atoms with E-state index < -0.39 is 0 Å². The van der Waals surface area contributed by atoms with E-state index in [2.05, 4.69) is 27.7 Å². The number of rotatable bonds is 10. The van der Waals surface area contributed by atoms with E-state index in [0.717, 1.165) is 44.8 Å². The van der Waals surface area contributed by atoms with Crippen LogP contribution in [0.2, 0.25) is 0 Å². The monoisotopic (exact) mass is 229 g/mol. The Morgan fingerprint density at radius 1 is 1.12 bits per heavy atom. The number of nitrogens with two attached hydrogens (primary N) is 1. The highest BCUT2D eigenvalue weighted by atomic mass is 16.5. The van der Waals surface area contributed by atoms with Crippen LogP contribution in [-0.4, -0.2) is 18.8 Å². The molecule has 0 aliphatic carbocycles. The summed E-state index contributed by atoms with van der Waals surface area (Å²) in [4.78, 5) is 0. The van der Waals surface area contributed by atoms with E-state index in [1.54, 1.807) is 0 Å². The Balaban J connectivity index is 3.61. The minimum Gasteiger partial charge on any atom is -0.381 e. The second-order valence-electron chi connectivity index (χ2n) is 5.36. The topological polar surface area (TPSA) is 35.2 Å². The Morgan fingerprint density at radius 3 is 2.31 bits per heavy atom. The molecule has 0 aromatic rings. The van der Waals surface area contributed by atoms with Crippen LogP contribution in [-0.2, 0) is 4.74 Å². The van der Waals surface area contributed by atoms with Crippen molar-refractivity contribution in [2.24, 2.45) is 11.7 Å². The molecule has 0 aliphatic heterocycles. The first kappa shape index (κ1) is 15.9. The van der Waals surface area contributed by atoms with Crippen molar-refractivity contribution < 1.29 is 4.74 Å². The zero-order valence-electron chi connectivity index (χ0n) is 11.7. The summed E-state index contributed by atoms with van der Waals surface area (Å²) in [6.07, 6.45) is 6.80. The van der Waals surface area contributed by atoms with Gasteiger partial charge in [0.2, 0.25) is 0 Å². The van der Waals surface area contributed by atoms with E-state index >= 15 is 0 Å². The minimum atomic E-state index is 0.00778. The summed E-state index contributed by atoms with van der Waals surface area (Å²) in [5.74, 6) is 0.730. The van der Waals surface area contributed by atoms with Crippen LogP contribution in [0.15, 0.2) is 0 Å². The quantitative estimate of drug-likeness (QED) is 0.579. The number of unbranched alkanes of at least 4 members (excludes halogenated alkanes) is 1. The molecule has 0 fully saturated rings. The van der Waals surface area contributed by atoms with Crippen molar-refractivity contribution in [2.75, 3.05) is 13.2 Å². The van der Waals surface area contributed by atoms with E-state index in [-0.39, 0.29) is 5.54 Å². The smallest absolute Gasteiger partial charge is 0.0483 e. The van der Waals surface area contributed by atoms with Crippen LogP contribution in [0.1, 0.15) is 66.2 Å². The number of hydrogen-bond donors (Lipinski definition) is 1. The number of hydrogen-bond acceptors (Lipinski definition) is 2. The third kappa shape index (κ3) is 8.12. The van der Waals surface area contributed by atoms with Gasteiger partial charge in [0.05, 0.1) is 0 Å². The summed E-state index contributed by atoms with van der Waals surface area (Å²) in [5, 5.41) is 0. The van der Waals surface area contributed by atoms with Crippen molar-refractivity contribution in [2.45, 2.75) is 71.8 Å². The van der Waals surface area contributed by atoms with E-state index in [0.29, 0.717) is 0 Å². The molecule has 98 valence electrons. The molecule has 0 spiro atoms. The highest BCUT2D eigenvalue weighted by Crippen LogP contribution is 2.19. The van der Waals surface area contributed by atoms with Gasteiger partial charge in [0.15, 0.2) is 0 Å². The summed E-state index contributed by atoms with van der Waals surface area (Å²) in [6.45, 7) is 10.6. The maximum absolute atomic E-state index is 6.35. The fourth-order valence-electron chi connectivity index (χ4n) is 1.70. The van der Waals surface area contributed by atoms with Crippen molar-refractivity contribution in [1.82, 2.24) is 0 Å². The predicted molar refractivity (Wildman–Crippen MR) is 71.6 cm³/mol. The van der Waals surface area contributed by atoms with E-state index in [1.165, 1.54) is 12.8 Å². The van der Waals surface area contributed by atoms with Gasteiger partial charge in [0.25, 0.3) is 0 Å². The van der Waals surface area contributed by atoms with Crippen LogP contribution in [0.4, 0.5) is 0 Å². The average molecular weight is 229 g/mol. The predicted octanol–water partition coefficient (Wildman–Crippen LogP) is 3.74. The molecule has 2 heteroatoms. The molecule has 0 saturated carbocycles. The van der Waals surface area contributed by atoms with Gasteiger partial charge in [0.1, 0.15) is 0 Å². The Morgan fingerprint density at radius 2 is 1.81 bits per heavy atom. The molecule has 0 saturated heterocycles. The Hall–Kier alpha value is -0.0800. The second-order valence-corrected chi connectivity index (χ2v) is 5.36. The van der Waals surface area contributed by atoms with Crippen molar-refractivity contribution in [1.29, 1.82) is 0 Å². The van der Waals surface area contributed by atoms with Gasteiger partial charge in [-0.15, -0.1) is 0 Å². The zero-order chi connectivity index (χ0) is 12.4. The molecule has 1 unspecified atom stereocenters. The lowest BCUT2D eigenvalue weighted by Crippen LogP contribution is -2.40. The van der Waals surface area contributed by atoms with Crippen LogP contribution in [0.25, 0.3) is 0 Å². The van der Waals surface area contributed by atoms with Gasteiger partial charge in [-0.25, -0.2) is 0 Å². The lowest BCUT2D eigenvalue weighted by molar-refractivity contribution is 0.102. The molecule has 0 amide bonds. The standard InChI is InChI=1S/C14H31NO/c1-5-7-9-14(15,6-2)10-12-16-11-8-13(3)4/h13H,5-12,15H2,1-4H3. The largest absolute Gasteiger partial charge is 0.381 e. The molecular formula is C14H31NO. The maximum Gasteiger partial charge on any atom is 0.0483 e. The Labute approximate surface area is 102 Å². The van der Waals surface area contributed by atoms with Gasteiger partial charge in [0, 0.05) is 18.8 Å². The lowest BCUT2D eigenvalue weighted by atomic mass is 9.88. The van der Waals surface area contributed by atoms with Crippen LogP contribution in [0.5, 0.6) is 0 Å². The molecule has 0 heterocycles. The van der Waals surface area contributed by atoms with E-state index in [9.17, 15) is 0 Å². The second kappa shape index (κ2) is 9.00. The zero-order valence-corrected chi connectivity index (χ0v) is 11.7. The van der Waals surface area contributed by atoms with Crippen LogP contribution < -0.4 is 5.73 Å². The van der Waals surface area contributed by atoms with Crippen molar-refractivity contribution in [3.05, 3.63) is 0 Å². The molecule has 0 bridgehead atoms. The minimum absolute atomic E-state index is 0.00778.